The second-order valence-electron chi connectivity index (χ2n) is 2.48. The standard InChI is InChI=1S/C8H16N2O5Si/c1-4-13-16(14-5-2,15-6-3)8(12)10-9-7-11/h7H,4-6H2,1-3H3. The predicted octanol–water partition coefficient (Wildman–Crippen LogP) is 1.35. The molecule has 0 rings (SSSR count). The smallest absolute Gasteiger partial charge is 0.367 e. The van der Waals surface area contributed by atoms with Gasteiger partial charge < -0.3 is 13.3 Å². The molecule has 0 unspecified atom stereocenters. The Labute approximate surface area is 95.2 Å². The van der Waals surface area contributed by atoms with E-state index in [1.807, 2.05) is 0 Å². The van der Waals surface area contributed by atoms with Gasteiger partial charge in [0, 0.05) is 19.8 Å². The first-order valence-electron chi connectivity index (χ1n) is 4.97. The van der Waals surface area contributed by atoms with E-state index >= 15 is 0 Å². The lowest BCUT2D eigenvalue weighted by atomic mass is 10.9. The van der Waals surface area contributed by atoms with Crippen LogP contribution in [0.1, 0.15) is 20.8 Å². The Morgan fingerprint density at radius 2 is 1.56 bits per heavy atom. The SMILES string of the molecule is CCO[Si](OCC)(OCC)C(=O)N=NC=O. The molecule has 0 aliphatic carbocycles. The third kappa shape index (κ3) is 4.27. The third-order valence-corrected chi connectivity index (χ3v) is 4.09. The van der Waals surface area contributed by atoms with Crippen molar-refractivity contribution < 1.29 is 22.9 Å². The molecule has 92 valence electrons. The third-order valence-electron chi connectivity index (χ3n) is 1.46. The zero-order valence-electron chi connectivity index (χ0n) is 9.63. The van der Waals surface area contributed by atoms with Crippen molar-refractivity contribution in [1.29, 1.82) is 0 Å². The molecule has 0 atom stereocenters. The minimum absolute atomic E-state index is 0.168. The highest BCUT2D eigenvalue weighted by Gasteiger charge is 2.51. The quantitative estimate of drug-likeness (QED) is 0.367. The van der Waals surface area contributed by atoms with E-state index in [9.17, 15) is 9.59 Å². The van der Waals surface area contributed by atoms with Crippen LogP contribution in [-0.4, -0.2) is 40.6 Å². The molecule has 0 aromatic carbocycles. The lowest BCUT2D eigenvalue weighted by molar-refractivity contribution is -0.107. The fourth-order valence-corrected chi connectivity index (χ4v) is 2.96. The van der Waals surface area contributed by atoms with E-state index in [1.165, 1.54) is 0 Å². The Morgan fingerprint density at radius 1 is 1.12 bits per heavy atom. The van der Waals surface area contributed by atoms with Crippen LogP contribution in [0, 0.1) is 0 Å². The Morgan fingerprint density at radius 3 is 1.88 bits per heavy atom. The number of nitrogens with zero attached hydrogens (tertiary/aromatic N) is 2. The monoisotopic (exact) mass is 248 g/mol. The fraction of sp³-hybridized carbons (Fsp3) is 0.750. The highest BCUT2D eigenvalue weighted by atomic mass is 28.4. The van der Waals surface area contributed by atoms with Gasteiger partial charge in [0.1, 0.15) is 0 Å². The number of azo groups is 1. The Balaban J connectivity index is 4.89. The van der Waals surface area contributed by atoms with Crippen LogP contribution in [0.5, 0.6) is 0 Å². The lowest BCUT2D eigenvalue weighted by Gasteiger charge is -2.24. The number of rotatable bonds is 8. The molecule has 0 spiro atoms. The summed E-state index contributed by atoms with van der Waals surface area (Å²) in [6.07, 6.45) is 0.168. The number of hydrogen-bond donors (Lipinski definition) is 0. The van der Waals surface area contributed by atoms with E-state index in [0.717, 1.165) is 0 Å². The van der Waals surface area contributed by atoms with Crippen LogP contribution in [0.15, 0.2) is 10.2 Å². The van der Waals surface area contributed by atoms with Crippen molar-refractivity contribution in [2.75, 3.05) is 19.8 Å². The number of carbonyl (C=O) groups is 2. The summed E-state index contributed by atoms with van der Waals surface area (Å²) >= 11 is 0. The summed E-state index contributed by atoms with van der Waals surface area (Å²) in [6, 6.07) is 0. The largest absolute Gasteiger partial charge is 0.602 e. The molecule has 0 saturated carbocycles. The van der Waals surface area contributed by atoms with Crippen molar-refractivity contribution in [3.05, 3.63) is 0 Å². The summed E-state index contributed by atoms with van der Waals surface area (Å²) < 4.78 is 15.7. The van der Waals surface area contributed by atoms with Crippen LogP contribution in [0.25, 0.3) is 0 Å². The van der Waals surface area contributed by atoms with Gasteiger partial charge in [0.05, 0.1) is 0 Å². The van der Waals surface area contributed by atoms with Crippen LogP contribution in [-0.2, 0) is 18.1 Å². The number of carbonyl (C=O) groups excluding carboxylic acids is 2. The van der Waals surface area contributed by atoms with Crippen LogP contribution >= 0.6 is 0 Å². The molecule has 2 amide bonds. The predicted molar refractivity (Wildman–Crippen MR) is 56.9 cm³/mol. The summed E-state index contributed by atoms with van der Waals surface area (Å²) in [5, 5.41) is 6.15. The molecule has 0 aliphatic heterocycles. The van der Waals surface area contributed by atoms with Gasteiger partial charge in [0.15, 0.2) is 0 Å². The summed E-state index contributed by atoms with van der Waals surface area (Å²) in [4.78, 5) is 21.7. The molecular formula is C8H16N2O5Si. The van der Waals surface area contributed by atoms with Gasteiger partial charge in [-0.3, -0.25) is 9.59 Å². The molecule has 0 heterocycles. The molecule has 0 aliphatic rings. The van der Waals surface area contributed by atoms with Gasteiger partial charge in [0.2, 0.25) is 0 Å². The van der Waals surface area contributed by atoms with Gasteiger partial charge in [-0.25, -0.2) is 0 Å². The maximum absolute atomic E-state index is 11.7. The average Bonchev–Trinajstić information content (AvgIpc) is 2.26. The minimum atomic E-state index is -3.49. The van der Waals surface area contributed by atoms with Crippen molar-refractivity contribution >= 4 is 20.7 Å². The highest BCUT2D eigenvalue weighted by Crippen LogP contribution is 2.13. The first-order valence-corrected chi connectivity index (χ1v) is 6.70. The average molecular weight is 248 g/mol. The molecule has 0 radical (unpaired) electrons. The zero-order chi connectivity index (χ0) is 12.4. The first kappa shape index (κ1) is 15.0. The molecule has 0 saturated heterocycles. The molecule has 7 nitrogen and oxygen atoms in total. The van der Waals surface area contributed by atoms with Gasteiger partial charge >= 0.3 is 14.3 Å². The number of amides is 2. The van der Waals surface area contributed by atoms with Crippen LogP contribution in [0.4, 0.5) is 4.79 Å². The summed E-state index contributed by atoms with van der Waals surface area (Å²) in [7, 11) is -3.49. The minimum Gasteiger partial charge on any atom is -0.367 e. The lowest BCUT2D eigenvalue weighted by Crippen LogP contribution is -2.52. The summed E-state index contributed by atoms with van der Waals surface area (Å²) in [6.45, 7) is 5.91. The molecular weight excluding hydrogens is 232 g/mol. The Hall–Kier alpha value is -0.963. The summed E-state index contributed by atoms with van der Waals surface area (Å²) in [5.74, 6) is 0. The van der Waals surface area contributed by atoms with Crippen LogP contribution in [0.2, 0.25) is 0 Å². The van der Waals surface area contributed by atoms with E-state index < -0.39 is 14.3 Å². The second kappa shape index (κ2) is 8.22. The maximum atomic E-state index is 11.7. The molecule has 0 fully saturated rings. The molecule has 16 heavy (non-hydrogen) atoms. The molecule has 0 aromatic heterocycles. The van der Waals surface area contributed by atoms with Gasteiger partial charge in [-0.15, -0.1) is 10.2 Å². The van der Waals surface area contributed by atoms with Gasteiger partial charge in [-0.05, 0) is 20.8 Å². The molecule has 0 N–H and O–H groups in total. The van der Waals surface area contributed by atoms with Crippen molar-refractivity contribution in [2.24, 2.45) is 10.2 Å². The fourth-order valence-electron chi connectivity index (χ4n) is 1.02. The topological polar surface area (TPSA) is 86.6 Å². The zero-order valence-corrected chi connectivity index (χ0v) is 10.6. The van der Waals surface area contributed by atoms with Crippen LogP contribution in [0.3, 0.4) is 0 Å². The molecule has 0 aromatic rings. The second-order valence-corrected chi connectivity index (χ2v) is 4.89. The molecule has 8 heteroatoms. The van der Waals surface area contributed by atoms with E-state index in [1.54, 1.807) is 20.8 Å². The van der Waals surface area contributed by atoms with E-state index in [2.05, 4.69) is 10.2 Å². The number of hydrogen-bond acceptors (Lipinski definition) is 5. The first-order chi connectivity index (χ1) is 7.66. The van der Waals surface area contributed by atoms with Gasteiger partial charge in [-0.2, -0.15) is 0 Å². The highest BCUT2D eigenvalue weighted by molar-refractivity contribution is 6.92. The van der Waals surface area contributed by atoms with Crippen molar-refractivity contribution in [2.45, 2.75) is 20.8 Å². The van der Waals surface area contributed by atoms with Crippen molar-refractivity contribution in [3.8, 4) is 0 Å². The Bertz CT molecular complexity index is 242. The normalized spacial score (nSPS) is 11.9. The van der Waals surface area contributed by atoms with Crippen LogP contribution < -0.4 is 0 Å². The molecule has 0 bridgehead atoms. The maximum Gasteiger partial charge on any atom is 0.602 e. The van der Waals surface area contributed by atoms with Gasteiger partial charge in [0.25, 0.3) is 6.41 Å². The van der Waals surface area contributed by atoms with Crippen molar-refractivity contribution in [3.63, 3.8) is 0 Å². The van der Waals surface area contributed by atoms with Gasteiger partial charge in [-0.1, -0.05) is 0 Å². The Kier molecular flexibility index (Phi) is 7.72. The van der Waals surface area contributed by atoms with E-state index in [0.29, 0.717) is 0 Å². The summed E-state index contributed by atoms with van der Waals surface area (Å²) in [5.41, 5.74) is -0.759. The van der Waals surface area contributed by atoms with E-state index in [-0.39, 0.29) is 26.2 Å². The van der Waals surface area contributed by atoms with Crippen molar-refractivity contribution in [1.82, 2.24) is 0 Å². The van der Waals surface area contributed by atoms with E-state index in [4.69, 9.17) is 13.3 Å².